The number of imidazole rings is 1. The van der Waals surface area contributed by atoms with E-state index in [1.165, 1.54) is 17.6 Å². The molecule has 2 aliphatic heterocycles. The number of hydrogen-bond donors (Lipinski definition) is 1. The summed E-state index contributed by atoms with van der Waals surface area (Å²) in [5, 5.41) is 8.37. The monoisotopic (exact) mass is 675 g/mol. The van der Waals surface area contributed by atoms with Gasteiger partial charge in [0.05, 0.1) is 6.33 Å². The molecular formula is C24H20Cl3N5Os-3. The molecule has 4 heterocycles. The van der Waals surface area contributed by atoms with Crippen molar-refractivity contribution in [1.29, 1.82) is 0 Å². The van der Waals surface area contributed by atoms with Crippen LogP contribution in [0.2, 0.25) is 0 Å². The van der Waals surface area contributed by atoms with E-state index in [-0.39, 0.29) is 0 Å². The van der Waals surface area contributed by atoms with Crippen LogP contribution in [0.3, 0.4) is 0 Å². The molecule has 9 heteroatoms. The summed E-state index contributed by atoms with van der Waals surface area (Å²) < 4.78 is 0. The zero-order valence-corrected chi connectivity index (χ0v) is 22.1. The van der Waals surface area contributed by atoms with Gasteiger partial charge in [-0.25, -0.2) is 4.98 Å². The Kier molecular flexibility index (Phi) is 17.2. The van der Waals surface area contributed by atoms with Crippen LogP contribution in [0.25, 0.3) is 21.9 Å². The summed E-state index contributed by atoms with van der Waals surface area (Å²) in [7, 11) is 12.9. The first kappa shape index (κ1) is 28.4. The molecule has 0 bridgehead atoms. The van der Waals surface area contributed by atoms with Crippen LogP contribution >= 0.6 is 31.3 Å². The standard InChI is InChI=1S/C11H8N.C10H8N2.C3H4N2.Cl2.ClH.Os/c1-2-6-10(7-3-1)11-8-4-5-9-12-11;1-3-7-11-9(5-1)10-6-2-4-8-12-10;1-2-5-3-4-1;1-2;;/h1-6,8-9H;1-8H;1-3H,(H,4,5);;1H;/q-1;-2;;;;+1/p-1. The summed E-state index contributed by atoms with van der Waals surface area (Å²) in [4.78, 5) is 10.6. The van der Waals surface area contributed by atoms with E-state index in [1.54, 1.807) is 37.3 Å². The molecule has 0 unspecified atom stereocenters. The maximum absolute atomic E-state index is 4.67. The van der Waals surface area contributed by atoms with E-state index in [0.717, 1.165) is 22.7 Å². The molecule has 0 saturated carbocycles. The number of aromatic nitrogens is 3. The summed E-state index contributed by atoms with van der Waals surface area (Å²) in [6, 6.07) is 16.8. The molecule has 2 aromatic heterocycles. The molecule has 0 fully saturated rings. The number of nitrogens with zero attached hydrogens (tertiary/aromatic N) is 4. The van der Waals surface area contributed by atoms with Crippen LogP contribution in [0, 0.1) is 6.07 Å². The number of benzene rings is 1. The quantitative estimate of drug-likeness (QED) is 0.265. The van der Waals surface area contributed by atoms with Crippen molar-refractivity contribution < 1.29 is 17.6 Å². The third-order valence-electron chi connectivity index (χ3n) is 3.65. The molecule has 1 aromatic carbocycles. The predicted molar refractivity (Wildman–Crippen MR) is 135 cm³/mol. The van der Waals surface area contributed by atoms with Gasteiger partial charge in [-0.2, -0.15) is 23.8 Å². The van der Waals surface area contributed by atoms with Crippen molar-refractivity contribution in [2.75, 3.05) is 0 Å². The second-order valence-corrected chi connectivity index (χ2v) is 5.68. The molecule has 1 N–H and O–H groups in total. The number of H-pyrrole nitrogens is 1. The molecule has 173 valence electrons. The molecule has 0 radical (unpaired) electrons. The van der Waals surface area contributed by atoms with Gasteiger partial charge in [0.2, 0.25) is 0 Å². The molecule has 5 nitrogen and oxygen atoms in total. The van der Waals surface area contributed by atoms with E-state index in [1.807, 2.05) is 78.9 Å². The van der Waals surface area contributed by atoms with Crippen LogP contribution < -0.4 is 0 Å². The summed E-state index contributed by atoms with van der Waals surface area (Å²) in [6.45, 7) is 0. The Hall–Kier alpha value is -2.61. The smallest absolute Gasteiger partial charge is 0.0919 e. The number of pyridine rings is 1. The Morgan fingerprint density at radius 3 is 1.88 bits per heavy atom. The van der Waals surface area contributed by atoms with Gasteiger partial charge in [-0.3, -0.25) is 0 Å². The Bertz CT molecular complexity index is 916. The largest absolute Gasteiger partial charge is 0.351 e. The van der Waals surface area contributed by atoms with E-state index in [9.17, 15) is 0 Å². The summed E-state index contributed by atoms with van der Waals surface area (Å²) in [6.07, 6.45) is 22.0. The topological polar surface area (TPSA) is 69.8 Å². The van der Waals surface area contributed by atoms with Gasteiger partial charge in [0.1, 0.15) is 0 Å². The van der Waals surface area contributed by atoms with E-state index >= 15 is 0 Å². The van der Waals surface area contributed by atoms with Crippen LogP contribution in [-0.2, 0) is 17.6 Å². The minimum atomic E-state index is 0.915. The van der Waals surface area contributed by atoms with Crippen molar-refractivity contribution in [2.45, 2.75) is 0 Å². The molecule has 0 aliphatic carbocycles. The first-order valence-electron chi connectivity index (χ1n) is 9.34. The van der Waals surface area contributed by atoms with Crippen molar-refractivity contribution in [2.24, 2.45) is 0 Å². The normalized spacial score (nSPS) is 14.3. The number of rotatable bonds is 1. The number of nitrogens with one attached hydrogen (secondary N) is 1. The first-order valence-corrected chi connectivity index (χ1v) is 13.6. The average molecular weight is 675 g/mol. The van der Waals surface area contributed by atoms with E-state index in [4.69, 9.17) is 0 Å². The van der Waals surface area contributed by atoms with Crippen LogP contribution in [0.5, 0.6) is 0 Å². The van der Waals surface area contributed by atoms with Crippen LogP contribution in [0.15, 0.2) is 128 Å². The Morgan fingerprint density at radius 2 is 1.48 bits per heavy atom. The molecule has 33 heavy (non-hydrogen) atoms. The fourth-order valence-corrected chi connectivity index (χ4v) is 2.32. The molecule has 0 saturated heterocycles. The number of hydrogen-bond acceptors (Lipinski definition) is 2. The van der Waals surface area contributed by atoms with Crippen molar-refractivity contribution in [3.8, 4) is 11.3 Å². The van der Waals surface area contributed by atoms with Crippen molar-refractivity contribution in [3.63, 3.8) is 0 Å². The Labute approximate surface area is 218 Å². The third kappa shape index (κ3) is 12.3. The second-order valence-electron chi connectivity index (χ2n) is 5.68. The van der Waals surface area contributed by atoms with Gasteiger partial charge in [-0.1, -0.05) is 48.6 Å². The van der Waals surface area contributed by atoms with Gasteiger partial charge < -0.3 is 20.6 Å². The third-order valence-corrected chi connectivity index (χ3v) is 3.65. The van der Waals surface area contributed by atoms with E-state index in [2.05, 4.69) is 63.0 Å². The van der Waals surface area contributed by atoms with E-state index < -0.39 is 0 Å². The van der Waals surface area contributed by atoms with Gasteiger partial charge >= 0.3 is 27.2 Å². The van der Waals surface area contributed by atoms with E-state index in [0.29, 0.717) is 0 Å². The number of allylic oxidation sites excluding steroid dienone is 6. The molecule has 0 atom stereocenters. The average Bonchev–Trinajstić information content (AvgIpc) is 3.54. The van der Waals surface area contributed by atoms with Crippen molar-refractivity contribution in [1.82, 2.24) is 15.0 Å². The first-order chi connectivity index (χ1) is 16.4. The Morgan fingerprint density at radius 1 is 0.818 bits per heavy atom. The fraction of sp³-hybridized carbons (Fsp3) is 0. The minimum absolute atomic E-state index is 0.915. The van der Waals surface area contributed by atoms with Gasteiger partial charge in [0.25, 0.3) is 0 Å². The molecular weight excluding hydrogens is 655 g/mol. The summed E-state index contributed by atoms with van der Waals surface area (Å²) in [5.41, 5.74) is 3.84. The van der Waals surface area contributed by atoms with Gasteiger partial charge in [0, 0.05) is 40.3 Å². The fourth-order valence-electron chi connectivity index (χ4n) is 2.32. The van der Waals surface area contributed by atoms with Crippen molar-refractivity contribution in [3.05, 3.63) is 144 Å². The summed E-state index contributed by atoms with van der Waals surface area (Å²) >= 11 is 1.33. The van der Waals surface area contributed by atoms with Gasteiger partial charge in [-0.05, 0) is 11.8 Å². The minimum Gasteiger partial charge on any atom is -0.351 e. The maximum atomic E-state index is 4.67. The number of halogens is 3. The SMILES string of the molecule is C1=C[N-]C(=C2C=CC=C[N-]2)C=C1.ClCl.[Cl][Os].[c-]1ccccc1-c1ccccn1.c1c[nH]cn1. The van der Waals surface area contributed by atoms with Crippen molar-refractivity contribution >= 4 is 31.3 Å². The zero-order chi connectivity index (χ0) is 24.0. The molecule has 5 rings (SSSR count). The molecule has 0 spiro atoms. The zero-order valence-electron chi connectivity index (χ0n) is 17.2. The summed E-state index contributed by atoms with van der Waals surface area (Å²) in [5.74, 6) is 0. The van der Waals surface area contributed by atoms with Crippen LogP contribution in [-0.4, -0.2) is 15.0 Å². The molecule has 2 aliphatic rings. The number of aromatic amines is 1. The van der Waals surface area contributed by atoms with Gasteiger partial charge in [-0.15, -0.1) is 35.9 Å². The predicted octanol–water partition coefficient (Wildman–Crippen LogP) is 8.14. The van der Waals surface area contributed by atoms with Crippen LogP contribution in [0.4, 0.5) is 0 Å². The second kappa shape index (κ2) is 20.0. The molecule has 0 amide bonds. The maximum Gasteiger partial charge on any atom is 0.0919 e. The van der Waals surface area contributed by atoms with Gasteiger partial charge in [0.15, 0.2) is 0 Å². The van der Waals surface area contributed by atoms with Crippen LogP contribution in [0.1, 0.15) is 0 Å². The molecule has 3 aromatic rings. The Balaban J connectivity index is 0.000000244.